The Bertz CT molecular complexity index is 1260. The van der Waals surface area contributed by atoms with E-state index in [9.17, 15) is 9.90 Å². The third kappa shape index (κ3) is 3.24. The maximum atomic E-state index is 13.8. The molecule has 1 aromatic heterocycles. The number of phenols is 1. The van der Waals surface area contributed by atoms with Gasteiger partial charge in [-0.2, -0.15) is 9.13 Å². The minimum Gasteiger partial charge on any atom is -0.508 e. The van der Waals surface area contributed by atoms with Crippen LogP contribution in [0.1, 0.15) is 11.5 Å². The average molecular weight is 399 g/mol. The maximum absolute atomic E-state index is 13.8. The lowest BCUT2D eigenvalue weighted by Crippen LogP contribution is -2.46. The van der Waals surface area contributed by atoms with E-state index >= 15 is 0 Å². The van der Waals surface area contributed by atoms with Crippen molar-refractivity contribution in [1.82, 2.24) is 4.57 Å². The molecule has 1 N–H and O–H groups in total. The summed E-state index contributed by atoms with van der Waals surface area (Å²) in [7, 11) is 1.60. The smallest absolute Gasteiger partial charge is 0.350 e. The monoisotopic (exact) mass is 399 g/mol. The number of hydrogen-bond acceptors (Lipinski definition) is 3. The normalized spacial score (nSPS) is 10.8. The van der Waals surface area contributed by atoms with Crippen LogP contribution in [0.4, 0.5) is 0 Å². The molecule has 0 spiro atoms. The molecular weight excluding hydrogens is 376 g/mol. The highest BCUT2D eigenvalue weighted by Crippen LogP contribution is 2.25. The first-order chi connectivity index (χ1) is 14.5. The van der Waals surface area contributed by atoms with Gasteiger partial charge >= 0.3 is 5.56 Å². The molecule has 150 valence electrons. The Kier molecular flexibility index (Phi) is 5.11. The van der Waals surface area contributed by atoms with Gasteiger partial charge in [-0.15, -0.1) is 0 Å². The maximum Gasteiger partial charge on any atom is 0.350 e. The van der Waals surface area contributed by atoms with Gasteiger partial charge in [0.2, 0.25) is 0 Å². The molecule has 0 unspecified atom stereocenters. The van der Waals surface area contributed by atoms with Crippen molar-refractivity contribution in [2.45, 2.75) is 13.8 Å². The van der Waals surface area contributed by atoms with E-state index in [4.69, 9.17) is 4.74 Å². The number of nitrogens with zero attached hydrogens (tertiary/aromatic N) is 2. The first kappa shape index (κ1) is 19.5. The second kappa shape index (κ2) is 7.87. The second-order valence-electron chi connectivity index (χ2n) is 7.04. The van der Waals surface area contributed by atoms with Crippen molar-refractivity contribution in [2.75, 3.05) is 7.11 Å². The Morgan fingerprint density at radius 3 is 2.17 bits per heavy atom. The topological polar surface area (TPSA) is 55.3 Å². The molecular formula is C25H23N2O3+. The summed E-state index contributed by atoms with van der Waals surface area (Å²) in [5.74, 6) is 1.53. The molecule has 0 radical (unpaired) electrons. The van der Waals surface area contributed by atoms with E-state index in [1.165, 1.54) is 0 Å². The molecule has 0 bridgehead atoms. The molecule has 0 aliphatic heterocycles. The van der Waals surface area contributed by atoms with Crippen LogP contribution in [0.3, 0.4) is 0 Å². The molecule has 1 heterocycles. The summed E-state index contributed by atoms with van der Waals surface area (Å²) in [5, 5.41) is 9.74. The number of methoxy groups -OCH3 is 1. The number of rotatable bonds is 4. The molecule has 3 aromatic carbocycles. The average Bonchev–Trinajstić information content (AvgIpc) is 2.76. The van der Waals surface area contributed by atoms with Crippen molar-refractivity contribution < 1.29 is 14.4 Å². The Morgan fingerprint density at radius 1 is 0.867 bits per heavy atom. The minimum atomic E-state index is -0.115. The van der Waals surface area contributed by atoms with Gasteiger partial charge in [0.05, 0.1) is 7.11 Å². The summed E-state index contributed by atoms with van der Waals surface area (Å²) in [6.07, 6.45) is 0. The molecule has 0 saturated heterocycles. The number of ether oxygens (including phenoxy) is 1. The van der Waals surface area contributed by atoms with Crippen LogP contribution in [-0.2, 0) is 0 Å². The Balaban J connectivity index is 2.14. The zero-order valence-electron chi connectivity index (χ0n) is 17.2. The van der Waals surface area contributed by atoms with Gasteiger partial charge in [0.15, 0.2) is 11.4 Å². The molecule has 0 amide bonds. The van der Waals surface area contributed by atoms with Gasteiger partial charge in [-0.05, 0) is 48.9 Å². The lowest BCUT2D eigenvalue weighted by atomic mass is 10.0. The molecule has 5 heteroatoms. The van der Waals surface area contributed by atoms with Crippen LogP contribution >= 0.6 is 0 Å². The van der Waals surface area contributed by atoms with Gasteiger partial charge in [-0.25, -0.2) is 4.79 Å². The number of phenolic OH excluding ortho intramolecular Hbond substituents is 1. The van der Waals surface area contributed by atoms with E-state index in [-0.39, 0.29) is 11.3 Å². The number of benzene rings is 3. The van der Waals surface area contributed by atoms with Gasteiger partial charge in [0.25, 0.3) is 5.82 Å². The summed E-state index contributed by atoms with van der Waals surface area (Å²) in [6, 6.07) is 24.1. The highest BCUT2D eigenvalue weighted by atomic mass is 16.5. The number of aromatic hydroxyl groups is 1. The summed E-state index contributed by atoms with van der Waals surface area (Å²) in [4.78, 5) is 13.8. The Morgan fingerprint density at radius 2 is 1.50 bits per heavy atom. The molecule has 0 aliphatic carbocycles. The van der Waals surface area contributed by atoms with E-state index in [1.807, 2.05) is 85.1 Å². The zero-order chi connectivity index (χ0) is 21.3. The lowest BCUT2D eigenvalue weighted by molar-refractivity contribution is -0.614. The van der Waals surface area contributed by atoms with E-state index < -0.39 is 0 Å². The van der Waals surface area contributed by atoms with Crippen LogP contribution < -0.4 is 14.9 Å². The second-order valence-corrected chi connectivity index (χ2v) is 7.04. The lowest BCUT2D eigenvalue weighted by Gasteiger charge is -2.16. The van der Waals surface area contributed by atoms with Crippen molar-refractivity contribution in [3.8, 4) is 34.0 Å². The standard InChI is InChI=1S/C25H22N2O3/c1-17-24(19-9-5-4-6-10-19)25(29)27(22-11-7-8-12-23(22)30-3)18(2)26(17)20-13-15-21(28)16-14-20/h4-16H,1-3H3/p+1. The van der Waals surface area contributed by atoms with Crippen LogP contribution in [0, 0.1) is 13.8 Å². The van der Waals surface area contributed by atoms with Crippen LogP contribution in [-0.4, -0.2) is 16.8 Å². The third-order valence-electron chi connectivity index (χ3n) is 5.26. The molecule has 4 rings (SSSR count). The molecule has 30 heavy (non-hydrogen) atoms. The highest BCUT2D eigenvalue weighted by molar-refractivity contribution is 5.65. The van der Waals surface area contributed by atoms with Gasteiger partial charge < -0.3 is 9.84 Å². The van der Waals surface area contributed by atoms with Crippen molar-refractivity contribution in [3.05, 3.63) is 101 Å². The first-order valence-corrected chi connectivity index (χ1v) is 9.69. The molecule has 0 fully saturated rings. The van der Waals surface area contributed by atoms with Crippen LogP contribution in [0.25, 0.3) is 22.5 Å². The number of hydrogen-bond donors (Lipinski definition) is 1. The van der Waals surface area contributed by atoms with Gasteiger partial charge in [0.1, 0.15) is 22.7 Å². The van der Waals surface area contributed by atoms with E-state index in [0.717, 1.165) is 22.8 Å². The van der Waals surface area contributed by atoms with Crippen LogP contribution in [0.15, 0.2) is 83.7 Å². The van der Waals surface area contributed by atoms with E-state index in [0.29, 0.717) is 17.0 Å². The molecule has 0 atom stereocenters. The zero-order valence-corrected chi connectivity index (χ0v) is 17.2. The fraction of sp³-hybridized carbons (Fsp3) is 0.120. The molecule has 0 aliphatic rings. The number of para-hydroxylation sites is 2. The minimum absolute atomic E-state index is 0.115. The van der Waals surface area contributed by atoms with Crippen LogP contribution in [0.2, 0.25) is 0 Å². The highest BCUT2D eigenvalue weighted by Gasteiger charge is 2.28. The molecule has 4 aromatic rings. The quantitative estimate of drug-likeness (QED) is 0.526. The summed E-state index contributed by atoms with van der Waals surface area (Å²) in [6.45, 7) is 3.85. The molecule has 0 saturated carbocycles. The van der Waals surface area contributed by atoms with Crippen molar-refractivity contribution in [2.24, 2.45) is 0 Å². The Labute approximate surface area is 175 Å². The van der Waals surface area contributed by atoms with Crippen molar-refractivity contribution >= 4 is 0 Å². The Hall–Kier alpha value is -3.86. The summed E-state index contributed by atoms with van der Waals surface area (Å²) < 4.78 is 9.25. The number of aromatic nitrogens is 2. The van der Waals surface area contributed by atoms with E-state index in [1.54, 1.807) is 23.8 Å². The molecule has 5 nitrogen and oxygen atoms in total. The predicted molar refractivity (Wildman–Crippen MR) is 117 cm³/mol. The SMILES string of the molecule is COc1ccccc1-n1c(C)[n+](-c2ccc(O)cc2)c(C)c(-c2ccccc2)c1=O. The summed E-state index contributed by atoms with van der Waals surface area (Å²) in [5.41, 5.74) is 3.68. The van der Waals surface area contributed by atoms with Crippen LogP contribution in [0.5, 0.6) is 11.5 Å². The third-order valence-corrected chi connectivity index (χ3v) is 5.26. The largest absolute Gasteiger partial charge is 0.508 e. The predicted octanol–water partition coefficient (Wildman–Crippen LogP) is 4.11. The van der Waals surface area contributed by atoms with E-state index in [2.05, 4.69) is 0 Å². The fourth-order valence-corrected chi connectivity index (χ4v) is 3.89. The van der Waals surface area contributed by atoms with Gasteiger partial charge in [0, 0.05) is 6.92 Å². The fourth-order valence-electron chi connectivity index (χ4n) is 3.89. The van der Waals surface area contributed by atoms with Gasteiger partial charge in [-0.3, -0.25) is 0 Å². The van der Waals surface area contributed by atoms with Crippen molar-refractivity contribution in [3.63, 3.8) is 0 Å². The van der Waals surface area contributed by atoms with Crippen molar-refractivity contribution in [1.29, 1.82) is 0 Å². The first-order valence-electron chi connectivity index (χ1n) is 9.69. The summed E-state index contributed by atoms with van der Waals surface area (Å²) >= 11 is 0. The van der Waals surface area contributed by atoms with Gasteiger partial charge in [-0.1, -0.05) is 42.5 Å².